The fourth-order valence-corrected chi connectivity index (χ4v) is 4.36. The van der Waals surface area contributed by atoms with Gasteiger partial charge in [-0.3, -0.25) is 9.59 Å². The summed E-state index contributed by atoms with van der Waals surface area (Å²) in [4.78, 5) is 23.9. The van der Waals surface area contributed by atoms with E-state index in [1.54, 1.807) is 12.2 Å². The van der Waals surface area contributed by atoms with Gasteiger partial charge in [-0.15, -0.1) is 0 Å². The van der Waals surface area contributed by atoms with E-state index in [1.807, 2.05) is 24.3 Å². The van der Waals surface area contributed by atoms with Crippen molar-refractivity contribution in [3.05, 3.63) is 60.8 Å². The maximum Gasteiger partial charge on any atom is 0.220 e. The second-order valence-corrected chi connectivity index (χ2v) is 10.9. The lowest BCUT2D eigenvalue weighted by Crippen LogP contribution is -2.45. The number of aliphatic hydroxyl groups is 2. The topological polar surface area (TPSA) is 86.6 Å². The summed E-state index contributed by atoms with van der Waals surface area (Å²) in [6.45, 7) is 4.09. The Morgan fingerprint density at radius 3 is 1.93 bits per heavy atom. The van der Waals surface area contributed by atoms with E-state index < -0.39 is 12.1 Å². The predicted molar refractivity (Wildman–Crippen MR) is 175 cm³/mol. The largest absolute Gasteiger partial charge is 0.394 e. The molecule has 0 fully saturated rings. The van der Waals surface area contributed by atoms with Gasteiger partial charge in [0, 0.05) is 12.8 Å². The first-order valence-corrected chi connectivity index (χ1v) is 16.5. The number of amides is 1. The van der Waals surface area contributed by atoms with Gasteiger partial charge in [0.15, 0.2) is 5.78 Å². The number of carbonyl (C=O) groups is 2. The van der Waals surface area contributed by atoms with Crippen molar-refractivity contribution in [3.8, 4) is 0 Å². The molecule has 41 heavy (non-hydrogen) atoms. The van der Waals surface area contributed by atoms with Crippen LogP contribution in [-0.2, 0) is 9.59 Å². The van der Waals surface area contributed by atoms with Gasteiger partial charge in [0.2, 0.25) is 5.91 Å². The second kappa shape index (κ2) is 30.7. The maximum atomic E-state index is 12.2. The third kappa shape index (κ3) is 27.7. The molecule has 0 saturated heterocycles. The minimum absolute atomic E-state index is 0.146. The molecule has 1 amide bonds. The fourth-order valence-electron chi connectivity index (χ4n) is 4.36. The van der Waals surface area contributed by atoms with Crippen molar-refractivity contribution in [1.29, 1.82) is 0 Å². The summed E-state index contributed by atoms with van der Waals surface area (Å²) in [5, 5.41) is 22.7. The Morgan fingerprint density at radius 1 is 0.659 bits per heavy atom. The van der Waals surface area contributed by atoms with Crippen LogP contribution in [0.4, 0.5) is 0 Å². The van der Waals surface area contributed by atoms with Crippen LogP contribution >= 0.6 is 0 Å². The first kappa shape index (κ1) is 38.8. The summed E-state index contributed by atoms with van der Waals surface area (Å²) < 4.78 is 0. The molecule has 3 N–H and O–H groups in total. The molecule has 0 aliphatic rings. The van der Waals surface area contributed by atoms with Crippen molar-refractivity contribution in [2.45, 2.75) is 148 Å². The van der Waals surface area contributed by atoms with E-state index in [0.29, 0.717) is 12.8 Å². The number of hydrogen-bond acceptors (Lipinski definition) is 4. The van der Waals surface area contributed by atoms with Gasteiger partial charge in [-0.25, -0.2) is 0 Å². The molecule has 0 aromatic heterocycles. The Morgan fingerprint density at radius 2 is 1.24 bits per heavy atom. The first-order valence-electron chi connectivity index (χ1n) is 16.5. The van der Waals surface area contributed by atoms with Crippen molar-refractivity contribution in [1.82, 2.24) is 5.32 Å². The Labute approximate surface area is 252 Å². The van der Waals surface area contributed by atoms with Crippen molar-refractivity contribution < 1.29 is 19.8 Å². The highest BCUT2D eigenvalue weighted by atomic mass is 16.3. The number of aliphatic hydroxyl groups excluding tert-OH is 2. The molecular formula is C36H61NO4. The Hall–Kier alpha value is -2.24. The van der Waals surface area contributed by atoms with Gasteiger partial charge in [0.1, 0.15) is 0 Å². The number of allylic oxidation sites excluding steroid dienone is 9. The van der Waals surface area contributed by atoms with Crippen molar-refractivity contribution >= 4 is 11.7 Å². The van der Waals surface area contributed by atoms with Crippen LogP contribution in [0.3, 0.4) is 0 Å². The number of unbranched alkanes of at least 4 members (excludes halogenated alkanes) is 12. The van der Waals surface area contributed by atoms with E-state index in [4.69, 9.17) is 0 Å². The fraction of sp³-hybridized carbons (Fsp3) is 0.667. The predicted octanol–water partition coefficient (Wildman–Crippen LogP) is 8.63. The summed E-state index contributed by atoms with van der Waals surface area (Å²) in [6, 6.07) is -0.668. The van der Waals surface area contributed by atoms with Crippen LogP contribution in [0.1, 0.15) is 136 Å². The molecule has 0 rings (SSSR count). The van der Waals surface area contributed by atoms with Crippen LogP contribution in [0.5, 0.6) is 0 Å². The first-order chi connectivity index (χ1) is 20.0. The molecule has 5 nitrogen and oxygen atoms in total. The van der Waals surface area contributed by atoms with E-state index in [9.17, 15) is 19.8 Å². The molecule has 0 spiro atoms. The second-order valence-electron chi connectivity index (χ2n) is 10.9. The summed E-state index contributed by atoms with van der Waals surface area (Å²) in [6.07, 6.45) is 38.5. The van der Waals surface area contributed by atoms with Crippen LogP contribution in [0, 0.1) is 0 Å². The lowest BCUT2D eigenvalue weighted by Gasteiger charge is -2.19. The Kier molecular flexibility index (Phi) is 29.0. The Bertz CT molecular complexity index is 766. The number of carbonyl (C=O) groups excluding carboxylic acids is 2. The zero-order valence-corrected chi connectivity index (χ0v) is 26.3. The van der Waals surface area contributed by atoms with Crippen LogP contribution in [0.15, 0.2) is 60.8 Å². The molecule has 0 heterocycles. The SMILES string of the molecule is CCCCCCCCCCC/C=C/[C@@H](O)[C@H](CO)NC(=O)CCC/C=C\C/C=C\C/C=C\C=C\C(=O)CCCCC. The van der Waals surface area contributed by atoms with E-state index >= 15 is 0 Å². The van der Waals surface area contributed by atoms with Gasteiger partial charge in [-0.2, -0.15) is 0 Å². The molecule has 0 bridgehead atoms. The average Bonchev–Trinajstić information content (AvgIpc) is 2.97. The smallest absolute Gasteiger partial charge is 0.220 e. The summed E-state index contributed by atoms with van der Waals surface area (Å²) >= 11 is 0. The zero-order chi connectivity index (χ0) is 30.2. The minimum Gasteiger partial charge on any atom is -0.394 e. The van der Waals surface area contributed by atoms with Gasteiger partial charge in [-0.05, 0) is 51.0 Å². The number of rotatable bonds is 28. The highest BCUT2D eigenvalue weighted by Gasteiger charge is 2.17. The molecule has 0 radical (unpaired) electrons. The van der Waals surface area contributed by atoms with E-state index in [0.717, 1.165) is 57.8 Å². The number of hydrogen-bond donors (Lipinski definition) is 3. The minimum atomic E-state index is -0.877. The van der Waals surface area contributed by atoms with Gasteiger partial charge >= 0.3 is 0 Å². The molecule has 0 aromatic rings. The molecule has 0 saturated carbocycles. The average molecular weight is 572 g/mol. The molecule has 0 aromatic carbocycles. The lowest BCUT2D eigenvalue weighted by molar-refractivity contribution is -0.123. The monoisotopic (exact) mass is 571 g/mol. The Balaban J connectivity index is 3.88. The molecule has 2 atom stereocenters. The summed E-state index contributed by atoms with van der Waals surface area (Å²) in [7, 11) is 0. The third-order valence-corrected chi connectivity index (χ3v) is 6.97. The molecule has 0 unspecified atom stereocenters. The standard InChI is InChI=1S/C36H61NO4/c1-3-5-7-8-9-10-12-16-19-22-26-30-35(40)34(32-38)37-36(41)31-27-23-20-17-14-11-13-15-18-21-25-29-33(39)28-24-6-4-2/h11,13,17-18,20-21,25-26,29-30,34-35,38,40H,3-10,12,14-16,19,22-24,27-28,31-32H2,1-2H3,(H,37,41)/b13-11-,20-17-,21-18-,29-25+,30-26+/t34-,35+/m0/s1. The molecular weight excluding hydrogens is 510 g/mol. The van der Waals surface area contributed by atoms with Gasteiger partial charge < -0.3 is 15.5 Å². The van der Waals surface area contributed by atoms with Gasteiger partial charge in [0.25, 0.3) is 0 Å². The van der Waals surface area contributed by atoms with Crippen LogP contribution in [0.2, 0.25) is 0 Å². The van der Waals surface area contributed by atoms with Crippen molar-refractivity contribution in [3.63, 3.8) is 0 Å². The highest BCUT2D eigenvalue weighted by molar-refractivity contribution is 5.89. The van der Waals surface area contributed by atoms with Gasteiger partial charge in [0.05, 0.1) is 18.8 Å². The molecule has 234 valence electrons. The van der Waals surface area contributed by atoms with Gasteiger partial charge in [-0.1, -0.05) is 133 Å². The van der Waals surface area contributed by atoms with E-state index in [-0.39, 0.29) is 18.3 Å². The number of ketones is 1. The van der Waals surface area contributed by atoms with Crippen molar-refractivity contribution in [2.24, 2.45) is 0 Å². The summed E-state index contributed by atoms with van der Waals surface area (Å²) in [5.74, 6) is 0.0475. The van der Waals surface area contributed by atoms with Crippen molar-refractivity contribution in [2.75, 3.05) is 6.61 Å². The van der Waals surface area contributed by atoms with Crippen LogP contribution in [0.25, 0.3) is 0 Å². The molecule has 5 heteroatoms. The van der Waals surface area contributed by atoms with Crippen LogP contribution < -0.4 is 5.32 Å². The quantitative estimate of drug-likeness (QED) is 0.0380. The van der Waals surface area contributed by atoms with E-state index in [2.05, 4.69) is 43.5 Å². The third-order valence-electron chi connectivity index (χ3n) is 6.97. The van der Waals surface area contributed by atoms with Crippen LogP contribution in [-0.4, -0.2) is 40.7 Å². The molecule has 0 aliphatic carbocycles. The normalized spacial score (nSPS) is 13.9. The zero-order valence-electron chi connectivity index (χ0n) is 26.3. The van der Waals surface area contributed by atoms with E-state index in [1.165, 1.54) is 51.4 Å². The number of nitrogens with one attached hydrogen (secondary N) is 1. The lowest BCUT2D eigenvalue weighted by atomic mass is 10.1. The molecule has 0 aliphatic heterocycles. The maximum absolute atomic E-state index is 12.2. The summed E-state index contributed by atoms with van der Waals surface area (Å²) in [5.41, 5.74) is 0. The highest BCUT2D eigenvalue weighted by Crippen LogP contribution is 2.11.